The van der Waals surface area contributed by atoms with E-state index in [0.29, 0.717) is 0 Å². The highest BCUT2D eigenvalue weighted by atomic mass is 15.0. The van der Waals surface area contributed by atoms with Crippen LogP contribution in [0.4, 0.5) is 0 Å². The Balaban J connectivity index is 1.45. The van der Waals surface area contributed by atoms with Gasteiger partial charge in [-0.1, -0.05) is 90.1 Å². The zero-order chi connectivity index (χ0) is 28.4. The monoisotopic (exact) mass is 524 g/mol. The van der Waals surface area contributed by atoms with Gasteiger partial charge in [0.2, 0.25) is 0 Å². The summed E-state index contributed by atoms with van der Waals surface area (Å²) in [5, 5.41) is 2.57. The molecule has 6 rings (SSSR count). The van der Waals surface area contributed by atoms with Crippen LogP contribution in [0.3, 0.4) is 0 Å². The first-order valence-corrected chi connectivity index (χ1v) is 14.4. The fraction of sp³-hybridized carbons (Fsp3) is 0.263. The third-order valence-electron chi connectivity index (χ3n) is 8.18. The van der Waals surface area contributed by atoms with Crippen LogP contribution >= 0.6 is 0 Å². The summed E-state index contributed by atoms with van der Waals surface area (Å²) in [5.41, 5.74) is 12.8. The molecule has 0 atom stereocenters. The van der Waals surface area contributed by atoms with Gasteiger partial charge in [-0.15, -0.1) is 0 Å². The molecule has 2 heteroatoms. The van der Waals surface area contributed by atoms with Gasteiger partial charge in [0.15, 0.2) is 0 Å². The quantitative estimate of drug-likeness (QED) is 0.218. The molecule has 0 radical (unpaired) electrons. The number of hydrogen-bond donors (Lipinski definition) is 0. The van der Waals surface area contributed by atoms with Gasteiger partial charge in [-0.3, -0.25) is 0 Å². The van der Waals surface area contributed by atoms with Crippen molar-refractivity contribution in [2.75, 3.05) is 0 Å². The lowest BCUT2D eigenvalue weighted by atomic mass is 9.91. The molecule has 2 nitrogen and oxygen atoms in total. The van der Waals surface area contributed by atoms with Crippen molar-refractivity contribution in [2.45, 2.75) is 66.2 Å². The number of hydrogen-bond acceptors (Lipinski definition) is 0. The molecule has 0 unspecified atom stereocenters. The zero-order valence-corrected chi connectivity index (χ0v) is 25.1. The molecule has 40 heavy (non-hydrogen) atoms. The molecule has 0 spiro atoms. The van der Waals surface area contributed by atoms with Gasteiger partial charge in [-0.25, -0.2) is 0 Å². The number of aryl methyl sites for hydroxylation is 2. The van der Waals surface area contributed by atoms with Crippen molar-refractivity contribution >= 4 is 21.8 Å². The molecule has 2 aromatic heterocycles. The van der Waals surface area contributed by atoms with Crippen molar-refractivity contribution in [1.82, 2.24) is 9.13 Å². The van der Waals surface area contributed by atoms with Gasteiger partial charge in [0.25, 0.3) is 0 Å². The SMILES string of the molecule is Cc1cc(-n2c(C(C)(C)C)cc3ccccc32)ccc1-c1ccc(-n2c(C(C)(C)C)cc3ccccc32)cc1C. The van der Waals surface area contributed by atoms with Gasteiger partial charge in [-0.2, -0.15) is 0 Å². The van der Waals surface area contributed by atoms with Crippen molar-refractivity contribution in [3.8, 4) is 22.5 Å². The van der Waals surface area contributed by atoms with E-state index in [-0.39, 0.29) is 10.8 Å². The maximum absolute atomic E-state index is 2.44. The van der Waals surface area contributed by atoms with Gasteiger partial charge in [0.05, 0.1) is 11.0 Å². The third kappa shape index (κ3) is 4.36. The van der Waals surface area contributed by atoms with E-state index in [0.717, 1.165) is 0 Å². The fourth-order valence-electron chi connectivity index (χ4n) is 6.15. The molecule has 4 aromatic carbocycles. The molecule has 2 heterocycles. The predicted molar refractivity (Wildman–Crippen MR) is 172 cm³/mol. The van der Waals surface area contributed by atoms with E-state index < -0.39 is 0 Å². The summed E-state index contributed by atoms with van der Waals surface area (Å²) in [6.45, 7) is 18.3. The highest BCUT2D eigenvalue weighted by molar-refractivity contribution is 5.85. The lowest BCUT2D eigenvalue weighted by Crippen LogP contribution is -2.16. The maximum Gasteiger partial charge on any atom is 0.0531 e. The summed E-state index contributed by atoms with van der Waals surface area (Å²) >= 11 is 0. The predicted octanol–water partition coefficient (Wildman–Crippen LogP) is 10.5. The highest BCUT2D eigenvalue weighted by Gasteiger charge is 2.23. The van der Waals surface area contributed by atoms with E-state index in [1.807, 2.05) is 0 Å². The molecule has 0 saturated carbocycles. The Morgan fingerprint density at radius 1 is 0.450 bits per heavy atom. The normalized spacial score (nSPS) is 12.5. The molecule has 6 aromatic rings. The van der Waals surface area contributed by atoms with E-state index in [9.17, 15) is 0 Å². The highest BCUT2D eigenvalue weighted by Crippen LogP contribution is 2.37. The Morgan fingerprint density at radius 2 is 0.825 bits per heavy atom. The first-order valence-electron chi connectivity index (χ1n) is 14.4. The number of rotatable bonds is 3. The molecule has 0 aliphatic rings. The Bertz CT molecular complexity index is 1740. The van der Waals surface area contributed by atoms with Crippen molar-refractivity contribution < 1.29 is 0 Å². The summed E-state index contributed by atoms with van der Waals surface area (Å²) in [7, 11) is 0. The van der Waals surface area contributed by atoms with E-state index >= 15 is 0 Å². The van der Waals surface area contributed by atoms with Gasteiger partial charge in [0.1, 0.15) is 0 Å². The summed E-state index contributed by atoms with van der Waals surface area (Å²) in [4.78, 5) is 0. The minimum absolute atomic E-state index is 0.0343. The van der Waals surface area contributed by atoms with Crippen molar-refractivity contribution in [1.29, 1.82) is 0 Å². The average molecular weight is 525 g/mol. The maximum atomic E-state index is 2.44. The first kappa shape index (κ1) is 26.2. The summed E-state index contributed by atoms with van der Waals surface area (Å²) in [6.07, 6.45) is 0. The van der Waals surface area contributed by atoms with Crippen molar-refractivity contribution in [2.24, 2.45) is 0 Å². The van der Waals surface area contributed by atoms with Gasteiger partial charge in [-0.05, 0) is 84.6 Å². The summed E-state index contributed by atoms with van der Waals surface area (Å²) in [5.74, 6) is 0. The van der Waals surface area contributed by atoms with E-state index in [1.54, 1.807) is 0 Å². The molecule has 0 aliphatic carbocycles. The topological polar surface area (TPSA) is 9.86 Å². The Kier molecular flexibility index (Phi) is 6.07. The second-order valence-corrected chi connectivity index (χ2v) is 13.3. The minimum atomic E-state index is 0.0343. The second-order valence-electron chi connectivity index (χ2n) is 13.3. The van der Waals surface area contributed by atoms with Gasteiger partial charge < -0.3 is 9.13 Å². The van der Waals surface area contributed by atoms with Gasteiger partial charge >= 0.3 is 0 Å². The second kappa shape index (κ2) is 9.27. The third-order valence-corrected chi connectivity index (χ3v) is 8.18. The molecular formula is C38H40N2. The fourth-order valence-corrected chi connectivity index (χ4v) is 6.15. The van der Waals surface area contributed by atoms with Crippen LogP contribution in [0.15, 0.2) is 97.1 Å². The van der Waals surface area contributed by atoms with Crippen LogP contribution in [0.1, 0.15) is 64.1 Å². The number of nitrogens with zero attached hydrogens (tertiary/aromatic N) is 2. The van der Waals surface area contributed by atoms with Crippen molar-refractivity contribution in [3.63, 3.8) is 0 Å². The first-order chi connectivity index (χ1) is 18.9. The van der Waals surface area contributed by atoms with Crippen LogP contribution in [-0.2, 0) is 10.8 Å². The van der Waals surface area contributed by atoms with Crippen LogP contribution in [-0.4, -0.2) is 9.13 Å². The van der Waals surface area contributed by atoms with E-state index in [2.05, 4.69) is 162 Å². The van der Waals surface area contributed by atoms with Gasteiger partial charge in [0, 0.05) is 44.4 Å². The van der Waals surface area contributed by atoms with E-state index in [4.69, 9.17) is 0 Å². The number of fused-ring (bicyclic) bond motifs is 2. The van der Waals surface area contributed by atoms with Crippen LogP contribution in [0.5, 0.6) is 0 Å². The number of benzene rings is 4. The minimum Gasteiger partial charge on any atom is -0.313 e. The molecule has 0 bridgehead atoms. The largest absolute Gasteiger partial charge is 0.313 e. The standard InChI is InChI=1S/C38H40N2/c1-25-21-29(39-33-15-11-9-13-27(33)23-35(39)37(3,4)5)17-19-31(25)32-20-18-30(22-26(32)2)40-34-16-12-10-14-28(34)24-36(40)38(6,7)8/h9-24H,1-8H3. The number of aromatic nitrogens is 2. The Hall–Kier alpha value is -4.04. The number of para-hydroxylation sites is 2. The molecule has 0 fully saturated rings. The summed E-state index contributed by atoms with van der Waals surface area (Å²) < 4.78 is 4.88. The van der Waals surface area contributed by atoms with E-state index in [1.165, 1.54) is 66.8 Å². The summed E-state index contributed by atoms with van der Waals surface area (Å²) in [6, 6.07) is 36.0. The Labute approximate surface area is 238 Å². The molecule has 0 saturated heterocycles. The average Bonchev–Trinajstić information content (AvgIpc) is 3.48. The molecular weight excluding hydrogens is 484 g/mol. The van der Waals surface area contributed by atoms with Crippen LogP contribution in [0.2, 0.25) is 0 Å². The van der Waals surface area contributed by atoms with Crippen LogP contribution < -0.4 is 0 Å². The lowest BCUT2D eigenvalue weighted by Gasteiger charge is -2.24. The lowest BCUT2D eigenvalue weighted by molar-refractivity contribution is 0.559. The Morgan fingerprint density at radius 3 is 1.18 bits per heavy atom. The van der Waals surface area contributed by atoms with Crippen LogP contribution in [0.25, 0.3) is 44.3 Å². The smallest absolute Gasteiger partial charge is 0.0531 e. The molecule has 0 aliphatic heterocycles. The molecule has 0 amide bonds. The van der Waals surface area contributed by atoms with Crippen molar-refractivity contribution in [3.05, 3.63) is 120 Å². The molecule has 202 valence electrons. The zero-order valence-electron chi connectivity index (χ0n) is 25.1. The van der Waals surface area contributed by atoms with Crippen LogP contribution in [0, 0.1) is 13.8 Å². The molecule has 0 N–H and O–H groups in total.